The predicted molar refractivity (Wildman–Crippen MR) is 128 cm³/mol. The Morgan fingerprint density at radius 2 is 1.76 bits per heavy atom. The van der Waals surface area contributed by atoms with E-state index in [1.54, 1.807) is 0 Å². The van der Waals surface area contributed by atoms with E-state index in [0.717, 1.165) is 33.8 Å². The number of nitrogens with zero attached hydrogens (tertiary/aromatic N) is 1. The van der Waals surface area contributed by atoms with Crippen molar-refractivity contribution in [1.82, 2.24) is 9.69 Å². The summed E-state index contributed by atoms with van der Waals surface area (Å²) in [5.74, 6) is 0.354. The summed E-state index contributed by atoms with van der Waals surface area (Å²) in [7, 11) is 0. The van der Waals surface area contributed by atoms with Crippen molar-refractivity contribution >= 4 is 34.5 Å². The third kappa shape index (κ3) is 4.49. The number of benzene rings is 2. The SMILES string of the molecule is C#CCC(NC(=O)OCC1c2ccccc2-c2ccccc21)C(=O)Nc1snc(C)c1C(=O)O. The molecule has 0 radical (unpaired) electrons. The maximum atomic E-state index is 12.7. The van der Waals surface area contributed by atoms with E-state index in [0.29, 0.717) is 0 Å². The highest BCUT2D eigenvalue weighted by Crippen LogP contribution is 2.44. The van der Waals surface area contributed by atoms with Crippen molar-refractivity contribution in [1.29, 1.82) is 0 Å². The molecule has 0 aliphatic heterocycles. The summed E-state index contributed by atoms with van der Waals surface area (Å²) in [6, 6.07) is 14.8. The first-order valence-electron chi connectivity index (χ1n) is 10.5. The van der Waals surface area contributed by atoms with Crippen LogP contribution in [-0.4, -0.2) is 40.1 Å². The van der Waals surface area contributed by atoms with E-state index in [1.807, 2.05) is 48.5 Å². The molecule has 3 aromatic rings. The summed E-state index contributed by atoms with van der Waals surface area (Å²) in [6.45, 7) is 1.62. The zero-order valence-electron chi connectivity index (χ0n) is 18.2. The minimum absolute atomic E-state index is 0.0753. The molecule has 1 unspecified atom stereocenters. The van der Waals surface area contributed by atoms with Gasteiger partial charge in [0.2, 0.25) is 5.91 Å². The van der Waals surface area contributed by atoms with Crippen LogP contribution in [0.4, 0.5) is 9.80 Å². The van der Waals surface area contributed by atoms with E-state index in [2.05, 4.69) is 20.9 Å². The van der Waals surface area contributed by atoms with Gasteiger partial charge in [0.25, 0.3) is 0 Å². The smallest absolute Gasteiger partial charge is 0.407 e. The molecule has 3 N–H and O–H groups in total. The lowest BCUT2D eigenvalue weighted by Crippen LogP contribution is -2.44. The Balaban J connectivity index is 1.43. The number of ether oxygens (including phenoxy) is 1. The van der Waals surface area contributed by atoms with Crippen LogP contribution < -0.4 is 10.6 Å². The number of terminal acetylenes is 1. The molecule has 2 amide bonds. The highest BCUT2D eigenvalue weighted by atomic mass is 32.1. The van der Waals surface area contributed by atoms with E-state index in [-0.39, 0.29) is 35.2 Å². The van der Waals surface area contributed by atoms with Gasteiger partial charge >= 0.3 is 12.1 Å². The second-order valence-corrected chi connectivity index (χ2v) is 8.47. The molecule has 172 valence electrons. The van der Waals surface area contributed by atoms with Crippen LogP contribution in [0.25, 0.3) is 11.1 Å². The second-order valence-electron chi connectivity index (χ2n) is 7.70. The van der Waals surface area contributed by atoms with Gasteiger partial charge in [0.05, 0.1) is 5.69 Å². The van der Waals surface area contributed by atoms with Gasteiger partial charge in [0.15, 0.2) is 0 Å². The lowest BCUT2D eigenvalue weighted by molar-refractivity contribution is -0.117. The number of carbonyl (C=O) groups excluding carboxylic acids is 2. The number of aromatic carboxylic acids is 1. The van der Waals surface area contributed by atoms with Gasteiger partial charge in [0.1, 0.15) is 23.2 Å². The maximum Gasteiger partial charge on any atom is 0.407 e. The molecular formula is C25H21N3O5S. The molecule has 1 aromatic heterocycles. The number of alkyl carbamates (subject to hydrolysis) is 1. The summed E-state index contributed by atoms with van der Waals surface area (Å²) in [6.07, 6.45) is 4.48. The molecule has 1 aliphatic carbocycles. The van der Waals surface area contributed by atoms with Crippen molar-refractivity contribution in [3.63, 3.8) is 0 Å². The zero-order valence-corrected chi connectivity index (χ0v) is 19.0. The molecule has 9 heteroatoms. The predicted octanol–water partition coefficient (Wildman–Crippen LogP) is 4.02. The van der Waals surface area contributed by atoms with Crippen LogP contribution in [0.5, 0.6) is 0 Å². The number of anilines is 1. The molecule has 8 nitrogen and oxygen atoms in total. The molecule has 1 atom stereocenters. The van der Waals surface area contributed by atoms with E-state index >= 15 is 0 Å². The number of hydrogen-bond donors (Lipinski definition) is 3. The van der Waals surface area contributed by atoms with Gasteiger partial charge in [-0.25, -0.2) is 9.59 Å². The van der Waals surface area contributed by atoms with Gasteiger partial charge < -0.3 is 20.5 Å². The number of aromatic nitrogens is 1. The summed E-state index contributed by atoms with van der Waals surface area (Å²) in [5, 5.41) is 14.4. The maximum absolute atomic E-state index is 12.7. The summed E-state index contributed by atoms with van der Waals surface area (Å²) >= 11 is 0.843. The van der Waals surface area contributed by atoms with Crippen molar-refractivity contribution in [2.45, 2.75) is 25.3 Å². The Bertz CT molecular complexity index is 1260. The zero-order chi connectivity index (χ0) is 24.2. The van der Waals surface area contributed by atoms with E-state index in [9.17, 15) is 19.5 Å². The van der Waals surface area contributed by atoms with Gasteiger partial charge in [0, 0.05) is 12.3 Å². The average Bonchev–Trinajstić information content (AvgIpc) is 3.35. The number of aryl methyl sites for hydroxylation is 1. The molecule has 0 saturated carbocycles. The van der Waals surface area contributed by atoms with Crippen LogP contribution in [-0.2, 0) is 9.53 Å². The van der Waals surface area contributed by atoms with Crippen molar-refractivity contribution < 1.29 is 24.2 Å². The monoisotopic (exact) mass is 475 g/mol. The number of hydrogen-bond acceptors (Lipinski definition) is 6. The van der Waals surface area contributed by atoms with Crippen molar-refractivity contribution in [3.05, 3.63) is 70.9 Å². The standard InChI is InChI=1S/C25H21N3O5S/c1-3-8-20(22(29)27-23-21(24(30)31)14(2)28-34-23)26-25(32)33-13-19-17-11-6-4-9-15(17)16-10-5-7-12-18(16)19/h1,4-7,9-12,19-20H,8,13H2,2H3,(H,26,32)(H,27,29)(H,30,31). The summed E-state index contributed by atoms with van der Waals surface area (Å²) < 4.78 is 9.44. The number of carboxylic acid groups (broad SMARTS) is 1. The third-order valence-corrected chi connectivity index (χ3v) is 6.44. The van der Waals surface area contributed by atoms with Crippen LogP contribution in [0, 0.1) is 19.3 Å². The molecule has 1 heterocycles. The number of rotatable bonds is 7. The van der Waals surface area contributed by atoms with Crippen LogP contribution in [0.2, 0.25) is 0 Å². The Labute approximate surface area is 200 Å². The summed E-state index contributed by atoms with van der Waals surface area (Å²) in [4.78, 5) is 36.7. The first-order chi connectivity index (χ1) is 16.4. The fraction of sp³-hybridized carbons (Fsp3) is 0.200. The van der Waals surface area contributed by atoms with E-state index < -0.39 is 24.0 Å². The Morgan fingerprint density at radius 3 is 2.35 bits per heavy atom. The molecule has 2 aromatic carbocycles. The first kappa shape index (κ1) is 23.0. The second kappa shape index (κ2) is 9.77. The van der Waals surface area contributed by atoms with E-state index in [1.165, 1.54) is 6.92 Å². The van der Waals surface area contributed by atoms with Crippen LogP contribution >= 0.6 is 11.5 Å². The van der Waals surface area contributed by atoms with Crippen LogP contribution in [0.3, 0.4) is 0 Å². The number of carboxylic acids is 1. The van der Waals surface area contributed by atoms with Gasteiger partial charge in [-0.05, 0) is 40.7 Å². The normalized spacial score (nSPS) is 12.7. The Morgan fingerprint density at radius 1 is 1.15 bits per heavy atom. The Kier molecular flexibility index (Phi) is 6.61. The molecular weight excluding hydrogens is 454 g/mol. The van der Waals surface area contributed by atoms with Gasteiger partial charge in [-0.2, -0.15) is 4.37 Å². The number of fused-ring (bicyclic) bond motifs is 3. The first-order valence-corrected chi connectivity index (χ1v) is 11.2. The highest BCUT2D eigenvalue weighted by molar-refractivity contribution is 7.11. The molecule has 0 bridgehead atoms. The van der Waals surface area contributed by atoms with Crippen molar-refractivity contribution in [3.8, 4) is 23.5 Å². The largest absolute Gasteiger partial charge is 0.478 e. The molecule has 0 fully saturated rings. The lowest BCUT2D eigenvalue weighted by atomic mass is 9.98. The minimum Gasteiger partial charge on any atom is -0.478 e. The van der Waals surface area contributed by atoms with Crippen molar-refractivity contribution in [2.75, 3.05) is 11.9 Å². The Hall–Kier alpha value is -4.16. The van der Waals surface area contributed by atoms with Gasteiger partial charge in [-0.3, -0.25) is 4.79 Å². The average molecular weight is 476 g/mol. The molecule has 34 heavy (non-hydrogen) atoms. The number of carbonyl (C=O) groups is 3. The van der Waals surface area contributed by atoms with Crippen LogP contribution in [0.1, 0.15) is 39.5 Å². The van der Waals surface area contributed by atoms with E-state index in [4.69, 9.17) is 11.2 Å². The third-order valence-electron chi connectivity index (χ3n) is 5.59. The minimum atomic E-state index is -1.21. The van der Waals surface area contributed by atoms with Gasteiger partial charge in [-0.15, -0.1) is 12.3 Å². The molecule has 1 aliphatic rings. The molecule has 0 saturated heterocycles. The highest BCUT2D eigenvalue weighted by Gasteiger charge is 2.30. The lowest BCUT2D eigenvalue weighted by Gasteiger charge is -2.18. The topological polar surface area (TPSA) is 118 Å². The fourth-order valence-corrected chi connectivity index (χ4v) is 4.81. The quantitative estimate of drug-likeness (QED) is 0.444. The fourth-order valence-electron chi connectivity index (χ4n) is 4.02. The number of amides is 2. The van der Waals surface area contributed by atoms with Gasteiger partial charge in [-0.1, -0.05) is 48.5 Å². The number of nitrogens with one attached hydrogen (secondary N) is 2. The molecule has 4 rings (SSSR count). The van der Waals surface area contributed by atoms with Crippen molar-refractivity contribution in [2.24, 2.45) is 0 Å². The molecule has 0 spiro atoms. The van der Waals surface area contributed by atoms with Crippen LogP contribution in [0.15, 0.2) is 48.5 Å². The summed E-state index contributed by atoms with van der Waals surface area (Å²) in [5.41, 5.74) is 4.52.